The number of carbonyl (C=O) groups excluding carboxylic acids is 1. The van der Waals surface area contributed by atoms with E-state index in [1.165, 1.54) is 31.4 Å². The van der Waals surface area contributed by atoms with Crippen LogP contribution in [0.25, 0.3) is 0 Å². The van der Waals surface area contributed by atoms with Gasteiger partial charge in [0.2, 0.25) is 5.91 Å². The number of amides is 1. The monoisotopic (exact) mass is 517 g/mol. The van der Waals surface area contributed by atoms with E-state index in [0.717, 1.165) is 50.7 Å². The van der Waals surface area contributed by atoms with Crippen LogP contribution in [-0.2, 0) is 4.79 Å². The van der Waals surface area contributed by atoms with Crippen LogP contribution in [0.3, 0.4) is 0 Å². The van der Waals surface area contributed by atoms with Crippen LogP contribution in [0.1, 0.15) is 38.5 Å². The molecule has 0 bridgehead atoms. The summed E-state index contributed by atoms with van der Waals surface area (Å²) in [5, 5.41) is 6.47. The first-order valence-corrected chi connectivity index (χ1v) is 10.4. The van der Waals surface area contributed by atoms with Gasteiger partial charge in [0.15, 0.2) is 5.96 Å². The smallest absolute Gasteiger partial charge is 0.221 e. The van der Waals surface area contributed by atoms with Crippen molar-refractivity contribution < 1.29 is 9.18 Å². The Labute approximate surface area is 190 Å². The molecule has 1 saturated heterocycles. The molecule has 2 fully saturated rings. The molecule has 1 amide bonds. The van der Waals surface area contributed by atoms with Gasteiger partial charge < -0.3 is 20.4 Å². The molecular formula is C21H33FIN5O. The van der Waals surface area contributed by atoms with Crippen molar-refractivity contribution in [3.8, 4) is 0 Å². The van der Waals surface area contributed by atoms with Crippen LogP contribution in [0.4, 0.5) is 10.1 Å². The second kappa shape index (κ2) is 12.2. The molecule has 0 radical (unpaired) electrons. The molecule has 1 aromatic carbocycles. The topological polar surface area (TPSA) is 60.0 Å². The normalized spacial score (nSPS) is 18.2. The zero-order valence-corrected chi connectivity index (χ0v) is 19.5. The van der Waals surface area contributed by atoms with Crippen LogP contribution >= 0.6 is 24.0 Å². The van der Waals surface area contributed by atoms with Crippen molar-refractivity contribution in [3.05, 3.63) is 30.1 Å². The van der Waals surface area contributed by atoms with Crippen LogP contribution in [0.15, 0.2) is 29.3 Å². The highest BCUT2D eigenvalue weighted by Crippen LogP contribution is 2.18. The summed E-state index contributed by atoms with van der Waals surface area (Å²) in [5.74, 6) is 0.750. The first-order valence-electron chi connectivity index (χ1n) is 10.4. The summed E-state index contributed by atoms with van der Waals surface area (Å²) in [7, 11) is 1.77. The zero-order chi connectivity index (χ0) is 19.8. The van der Waals surface area contributed by atoms with Crippen LogP contribution in [0, 0.1) is 5.82 Å². The van der Waals surface area contributed by atoms with Crippen molar-refractivity contribution in [2.45, 2.75) is 44.6 Å². The zero-order valence-electron chi connectivity index (χ0n) is 17.2. The van der Waals surface area contributed by atoms with E-state index in [0.29, 0.717) is 19.0 Å². The molecule has 3 rings (SSSR count). The number of guanidine groups is 1. The van der Waals surface area contributed by atoms with Crippen LogP contribution in [0.5, 0.6) is 0 Å². The Hall–Kier alpha value is -1.58. The van der Waals surface area contributed by atoms with Gasteiger partial charge in [-0.05, 0) is 37.1 Å². The van der Waals surface area contributed by atoms with E-state index in [-0.39, 0.29) is 35.7 Å². The van der Waals surface area contributed by atoms with Crippen molar-refractivity contribution >= 4 is 41.5 Å². The summed E-state index contributed by atoms with van der Waals surface area (Å²) in [5.41, 5.74) is 1.04. The average molecular weight is 517 g/mol. The lowest BCUT2D eigenvalue weighted by atomic mass is 9.95. The molecular weight excluding hydrogens is 484 g/mol. The Morgan fingerprint density at radius 3 is 2.38 bits per heavy atom. The Morgan fingerprint density at radius 2 is 1.76 bits per heavy atom. The molecule has 1 aliphatic heterocycles. The number of piperazine rings is 1. The van der Waals surface area contributed by atoms with E-state index in [1.807, 2.05) is 12.1 Å². The number of anilines is 1. The van der Waals surface area contributed by atoms with E-state index >= 15 is 0 Å². The van der Waals surface area contributed by atoms with Gasteiger partial charge in [0, 0.05) is 57.9 Å². The largest absolute Gasteiger partial charge is 0.368 e. The number of rotatable bonds is 5. The average Bonchev–Trinajstić information content (AvgIpc) is 2.73. The molecule has 1 aliphatic carbocycles. The second-order valence-electron chi connectivity index (χ2n) is 7.58. The Bertz CT molecular complexity index is 656. The van der Waals surface area contributed by atoms with E-state index in [2.05, 4.69) is 25.4 Å². The first kappa shape index (κ1) is 23.7. The molecule has 8 heteroatoms. The number of carbonyl (C=O) groups is 1. The molecule has 0 atom stereocenters. The van der Waals surface area contributed by atoms with E-state index in [1.54, 1.807) is 7.05 Å². The minimum Gasteiger partial charge on any atom is -0.368 e. The Kier molecular flexibility index (Phi) is 9.96. The van der Waals surface area contributed by atoms with Gasteiger partial charge in [0.25, 0.3) is 0 Å². The summed E-state index contributed by atoms with van der Waals surface area (Å²) in [6.07, 6.45) is 6.42. The molecule has 2 N–H and O–H groups in total. The highest BCUT2D eigenvalue weighted by atomic mass is 127. The number of nitrogens with one attached hydrogen (secondary N) is 2. The van der Waals surface area contributed by atoms with Gasteiger partial charge in [-0.25, -0.2) is 4.39 Å². The minimum atomic E-state index is -0.209. The highest BCUT2D eigenvalue weighted by Gasteiger charge is 2.20. The molecule has 1 aromatic rings. The van der Waals surface area contributed by atoms with Gasteiger partial charge in [0.05, 0.1) is 0 Å². The minimum absolute atomic E-state index is 0. The predicted molar refractivity (Wildman–Crippen MR) is 127 cm³/mol. The van der Waals surface area contributed by atoms with Crippen molar-refractivity contribution in [3.63, 3.8) is 0 Å². The van der Waals surface area contributed by atoms with Crippen molar-refractivity contribution in [2.75, 3.05) is 44.7 Å². The van der Waals surface area contributed by atoms with Gasteiger partial charge in [0.1, 0.15) is 5.82 Å². The van der Waals surface area contributed by atoms with Gasteiger partial charge in [-0.15, -0.1) is 24.0 Å². The molecule has 162 valence electrons. The van der Waals surface area contributed by atoms with Crippen LogP contribution in [-0.4, -0.2) is 62.6 Å². The lowest BCUT2D eigenvalue weighted by Crippen LogP contribution is -2.53. The molecule has 1 heterocycles. The number of hydrogen-bond donors (Lipinski definition) is 2. The van der Waals surface area contributed by atoms with Gasteiger partial charge in [-0.1, -0.05) is 19.3 Å². The fourth-order valence-corrected chi connectivity index (χ4v) is 4.00. The van der Waals surface area contributed by atoms with E-state index < -0.39 is 0 Å². The molecule has 0 aromatic heterocycles. The summed E-state index contributed by atoms with van der Waals surface area (Å²) in [6, 6.07) is 7.01. The third-order valence-electron chi connectivity index (χ3n) is 5.59. The molecule has 6 nitrogen and oxygen atoms in total. The lowest BCUT2D eigenvalue weighted by molar-refractivity contribution is -0.121. The summed E-state index contributed by atoms with van der Waals surface area (Å²) >= 11 is 0. The molecule has 0 spiro atoms. The SMILES string of the molecule is CN=C(NCCC(=O)NC1CCCCC1)N1CCN(c2ccc(F)cc2)CC1.I. The van der Waals surface area contributed by atoms with Gasteiger partial charge in [-0.2, -0.15) is 0 Å². The molecule has 2 aliphatic rings. The molecule has 0 unspecified atom stereocenters. The number of benzene rings is 1. The van der Waals surface area contributed by atoms with E-state index in [9.17, 15) is 9.18 Å². The maximum atomic E-state index is 13.1. The van der Waals surface area contributed by atoms with Gasteiger partial charge in [-0.3, -0.25) is 9.79 Å². The number of aliphatic imine (C=N–C) groups is 1. The third-order valence-corrected chi connectivity index (χ3v) is 5.59. The third kappa shape index (κ3) is 7.31. The predicted octanol–water partition coefficient (Wildman–Crippen LogP) is 2.98. The lowest BCUT2D eigenvalue weighted by Gasteiger charge is -2.37. The quantitative estimate of drug-likeness (QED) is 0.359. The first-order chi connectivity index (χ1) is 13.7. The van der Waals surface area contributed by atoms with Crippen LogP contribution < -0.4 is 15.5 Å². The fourth-order valence-electron chi connectivity index (χ4n) is 4.00. The Balaban J connectivity index is 0.00000300. The summed E-state index contributed by atoms with van der Waals surface area (Å²) in [6.45, 7) is 3.98. The van der Waals surface area contributed by atoms with Crippen LogP contribution in [0.2, 0.25) is 0 Å². The van der Waals surface area contributed by atoms with Gasteiger partial charge >= 0.3 is 0 Å². The highest BCUT2D eigenvalue weighted by molar-refractivity contribution is 14.0. The summed E-state index contributed by atoms with van der Waals surface area (Å²) in [4.78, 5) is 21.0. The fraction of sp³-hybridized carbons (Fsp3) is 0.619. The second-order valence-corrected chi connectivity index (χ2v) is 7.58. The number of halogens is 2. The number of nitrogens with zero attached hydrogens (tertiary/aromatic N) is 3. The standard InChI is InChI=1S/C21H32FN5O.HI/c1-23-21(24-12-11-20(28)25-18-5-3-2-4-6-18)27-15-13-26(14-16-27)19-9-7-17(22)8-10-19;/h7-10,18H,2-6,11-16H2,1H3,(H,23,24)(H,25,28);1H. The summed E-state index contributed by atoms with van der Waals surface area (Å²) < 4.78 is 13.1. The van der Waals surface area contributed by atoms with E-state index in [4.69, 9.17) is 0 Å². The maximum Gasteiger partial charge on any atom is 0.221 e. The molecule has 29 heavy (non-hydrogen) atoms. The molecule has 1 saturated carbocycles. The van der Waals surface area contributed by atoms with Crippen molar-refractivity contribution in [1.29, 1.82) is 0 Å². The van der Waals surface area contributed by atoms with Crippen molar-refractivity contribution in [2.24, 2.45) is 4.99 Å². The number of hydrogen-bond acceptors (Lipinski definition) is 3. The Morgan fingerprint density at radius 1 is 1.10 bits per heavy atom. The maximum absolute atomic E-state index is 13.1. The van der Waals surface area contributed by atoms with Crippen molar-refractivity contribution in [1.82, 2.24) is 15.5 Å².